The molecule has 4 nitrogen and oxygen atoms in total. The molecule has 11 aromatic rings. The molecule has 0 saturated carbocycles. The molecule has 230 valence electrons. The molecule has 11 rings (SSSR count). The Morgan fingerprint density at radius 1 is 0.400 bits per heavy atom. The van der Waals surface area contributed by atoms with Crippen molar-refractivity contribution >= 4 is 107 Å². The van der Waals surface area contributed by atoms with E-state index in [9.17, 15) is 10.5 Å². The molecule has 50 heavy (non-hydrogen) atoms. The summed E-state index contributed by atoms with van der Waals surface area (Å²) in [6, 6.07) is 51.6. The zero-order valence-corrected chi connectivity index (χ0v) is 27.9. The number of fused-ring (bicyclic) bond motifs is 14. The van der Waals surface area contributed by atoms with Crippen LogP contribution in [0.2, 0.25) is 0 Å². The Hall–Kier alpha value is -6.44. The zero-order chi connectivity index (χ0) is 33.1. The van der Waals surface area contributed by atoms with Gasteiger partial charge in [-0.25, -0.2) is 0 Å². The number of para-hydroxylation sites is 2. The predicted octanol–water partition coefficient (Wildman–Crippen LogP) is 12.4. The summed E-state index contributed by atoms with van der Waals surface area (Å²) in [5.74, 6) is 0. The molecule has 0 N–H and O–H groups in total. The maximum absolute atomic E-state index is 10.9. The van der Waals surface area contributed by atoms with Crippen LogP contribution in [0.3, 0.4) is 0 Å². The molecule has 0 atom stereocenters. The van der Waals surface area contributed by atoms with Crippen molar-refractivity contribution < 1.29 is 0 Å². The maximum atomic E-state index is 10.9. The summed E-state index contributed by atoms with van der Waals surface area (Å²) in [4.78, 5) is 0. The topological polar surface area (TPSA) is 57.4 Å². The summed E-state index contributed by atoms with van der Waals surface area (Å²) in [7, 11) is 0. The molecule has 0 aliphatic heterocycles. The third-order valence-corrected chi connectivity index (χ3v) is 12.5. The van der Waals surface area contributed by atoms with Crippen molar-refractivity contribution in [3.63, 3.8) is 0 Å². The summed E-state index contributed by atoms with van der Waals surface area (Å²) in [5.41, 5.74) is 6.53. The second kappa shape index (κ2) is 10.0. The molecule has 0 amide bonds. The Labute approximate surface area is 293 Å². The number of nitriles is 2. The lowest BCUT2D eigenvalue weighted by molar-refractivity contribution is 1.13. The van der Waals surface area contributed by atoms with E-state index >= 15 is 0 Å². The third-order valence-electron chi connectivity index (χ3n) is 10.2. The lowest BCUT2D eigenvalue weighted by Gasteiger charge is -2.16. The molecule has 0 saturated heterocycles. The van der Waals surface area contributed by atoms with Gasteiger partial charge in [-0.1, -0.05) is 84.9 Å². The molecular weight excluding hydrogens is 649 g/mol. The Morgan fingerprint density at radius 3 is 1.24 bits per heavy atom. The van der Waals surface area contributed by atoms with E-state index in [1.165, 1.54) is 40.3 Å². The van der Waals surface area contributed by atoms with Crippen LogP contribution in [0.15, 0.2) is 133 Å². The van der Waals surface area contributed by atoms with Gasteiger partial charge < -0.3 is 9.13 Å². The van der Waals surface area contributed by atoms with Gasteiger partial charge in [0.2, 0.25) is 0 Å². The van der Waals surface area contributed by atoms with E-state index < -0.39 is 0 Å². The predicted molar refractivity (Wildman–Crippen MR) is 210 cm³/mol. The van der Waals surface area contributed by atoms with Gasteiger partial charge in [-0.05, 0) is 48.5 Å². The standard InChI is InChI=1S/C44H22N4S2/c45-23-25-22-36(48-34-14-6-2-10-28(34)30-18-20-40-42(44(30)48)32-12-4-8-16-38(32)50-40)26(24-46)21-35(25)47-33-13-5-1-9-27(33)29-17-19-39-41(43(29)47)31-11-3-7-15-37(31)49-39/h1-22H. The summed E-state index contributed by atoms with van der Waals surface area (Å²) >= 11 is 3.56. The van der Waals surface area contributed by atoms with Crippen LogP contribution in [0.25, 0.3) is 95.3 Å². The highest BCUT2D eigenvalue weighted by atomic mass is 32.1. The van der Waals surface area contributed by atoms with Crippen LogP contribution in [0.1, 0.15) is 11.1 Å². The molecule has 0 fully saturated rings. The largest absolute Gasteiger partial charge is 0.307 e. The molecule has 0 spiro atoms. The normalized spacial score (nSPS) is 12.0. The van der Waals surface area contributed by atoms with Crippen molar-refractivity contribution in [1.82, 2.24) is 9.13 Å². The smallest absolute Gasteiger partial charge is 0.101 e. The first-order valence-corrected chi connectivity index (χ1v) is 18.0. The quantitative estimate of drug-likeness (QED) is 0.184. The molecule has 4 aromatic heterocycles. The van der Waals surface area contributed by atoms with Crippen LogP contribution in [0.4, 0.5) is 0 Å². The second-order valence-corrected chi connectivity index (χ2v) is 14.8. The fourth-order valence-corrected chi connectivity index (χ4v) is 10.4. The van der Waals surface area contributed by atoms with Crippen molar-refractivity contribution in [3.8, 4) is 23.5 Å². The van der Waals surface area contributed by atoms with E-state index in [1.807, 2.05) is 24.3 Å². The highest BCUT2D eigenvalue weighted by molar-refractivity contribution is 7.26. The average Bonchev–Trinajstić information content (AvgIpc) is 3.91. The highest BCUT2D eigenvalue weighted by Crippen LogP contribution is 2.46. The van der Waals surface area contributed by atoms with Gasteiger partial charge in [0.25, 0.3) is 0 Å². The van der Waals surface area contributed by atoms with Gasteiger partial charge in [0.15, 0.2) is 0 Å². The monoisotopic (exact) mass is 670 g/mol. The number of thiophene rings is 2. The van der Waals surface area contributed by atoms with Crippen LogP contribution in [0, 0.1) is 22.7 Å². The Bertz CT molecular complexity index is 3130. The molecule has 0 unspecified atom stereocenters. The van der Waals surface area contributed by atoms with Crippen LogP contribution < -0.4 is 0 Å². The first-order valence-electron chi connectivity index (χ1n) is 16.4. The van der Waals surface area contributed by atoms with Gasteiger partial charge in [-0.15, -0.1) is 22.7 Å². The third kappa shape index (κ3) is 3.51. The van der Waals surface area contributed by atoms with E-state index in [2.05, 4.69) is 130 Å². The van der Waals surface area contributed by atoms with E-state index in [1.54, 1.807) is 22.7 Å². The van der Waals surface area contributed by atoms with E-state index in [-0.39, 0.29) is 0 Å². The fraction of sp³-hybridized carbons (Fsp3) is 0. The van der Waals surface area contributed by atoms with Crippen LogP contribution in [-0.2, 0) is 0 Å². The summed E-state index contributed by atoms with van der Waals surface area (Å²) < 4.78 is 9.25. The van der Waals surface area contributed by atoms with Gasteiger partial charge in [0.05, 0.1) is 44.6 Å². The maximum Gasteiger partial charge on any atom is 0.101 e. The van der Waals surface area contributed by atoms with Crippen molar-refractivity contribution in [2.24, 2.45) is 0 Å². The van der Waals surface area contributed by atoms with Gasteiger partial charge in [-0.2, -0.15) is 10.5 Å². The van der Waals surface area contributed by atoms with Crippen LogP contribution >= 0.6 is 22.7 Å². The lowest BCUT2D eigenvalue weighted by atomic mass is 10.0. The van der Waals surface area contributed by atoms with E-state index in [0.29, 0.717) is 22.5 Å². The molecule has 7 aromatic carbocycles. The van der Waals surface area contributed by atoms with Gasteiger partial charge in [0, 0.05) is 61.9 Å². The Kier molecular flexibility index (Phi) is 5.52. The minimum Gasteiger partial charge on any atom is -0.307 e. The van der Waals surface area contributed by atoms with Crippen LogP contribution in [0.5, 0.6) is 0 Å². The lowest BCUT2D eigenvalue weighted by Crippen LogP contribution is -2.04. The Balaban J connectivity index is 1.30. The number of nitrogens with zero attached hydrogens (tertiary/aromatic N) is 4. The second-order valence-electron chi connectivity index (χ2n) is 12.7. The summed E-state index contributed by atoms with van der Waals surface area (Å²) in [6.07, 6.45) is 0. The number of aromatic nitrogens is 2. The molecular formula is C44H22N4S2. The number of rotatable bonds is 2. The molecule has 0 aliphatic rings. The number of hydrogen-bond donors (Lipinski definition) is 0. The van der Waals surface area contributed by atoms with Crippen molar-refractivity contribution in [2.75, 3.05) is 0 Å². The first kappa shape index (κ1) is 27.5. The number of benzene rings is 7. The van der Waals surface area contributed by atoms with E-state index in [0.717, 1.165) is 43.6 Å². The molecule has 0 aliphatic carbocycles. The average molecular weight is 671 g/mol. The zero-order valence-electron chi connectivity index (χ0n) is 26.3. The van der Waals surface area contributed by atoms with Gasteiger partial charge in [-0.3, -0.25) is 0 Å². The van der Waals surface area contributed by atoms with Crippen LogP contribution in [-0.4, -0.2) is 9.13 Å². The van der Waals surface area contributed by atoms with Crippen molar-refractivity contribution in [2.45, 2.75) is 0 Å². The molecule has 4 heterocycles. The first-order chi connectivity index (χ1) is 24.7. The summed E-state index contributed by atoms with van der Waals surface area (Å²) in [5, 5.41) is 31.1. The minimum atomic E-state index is 0.506. The fourth-order valence-electron chi connectivity index (χ4n) is 8.16. The van der Waals surface area contributed by atoms with Crippen molar-refractivity contribution in [1.29, 1.82) is 10.5 Å². The molecule has 6 heteroatoms. The highest BCUT2D eigenvalue weighted by Gasteiger charge is 2.24. The minimum absolute atomic E-state index is 0.506. The Morgan fingerprint density at radius 2 is 0.800 bits per heavy atom. The van der Waals surface area contributed by atoms with Gasteiger partial charge >= 0.3 is 0 Å². The van der Waals surface area contributed by atoms with E-state index in [4.69, 9.17) is 0 Å². The molecule has 0 radical (unpaired) electrons. The van der Waals surface area contributed by atoms with Gasteiger partial charge in [0.1, 0.15) is 12.1 Å². The molecule has 0 bridgehead atoms. The number of hydrogen-bond acceptors (Lipinski definition) is 4. The summed E-state index contributed by atoms with van der Waals surface area (Å²) in [6.45, 7) is 0. The SMILES string of the molecule is N#Cc1cc(-n2c3ccccc3c3ccc4sc5ccccc5c4c32)c(C#N)cc1-n1c2ccccc2c2ccc3sc4ccccc4c3c21. The van der Waals surface area contributed by atoms with Crippen molar-refractivity contribution in [3.05, 3.63) is 145 Å².